The summed E-state index contributed by atoms with van der Waals surface area (Å²) in [6.45, 7) is 3.14. The van der Waals surface area contributed by atoms with Crippen molar-refractivity contribution in [3.8, 4) is 0 Å². The first kappa shape index (κ1) is 25.7. The second kappa shape index (κ2) is 10.6. The summed E-state index contributed by atoms with van der Waals surface area (Å²) in [6, 6.07) is 0. The van der Waals surface area contributed by atoms with Gasteiger partial charge in [0.25, 0.3) is 0 Å². The highest BCUT2D eigenvalue weighted by atomic mass is 16.7. The average Bonchev–Trinajstić information content (AvgIpc) is 3.10. The molecule has 11 atom stereocenters. The fourth-order valence-electron chi connectivity index (χ4n) is 4.71. The smallest absolute Gasteiger partial charge is 0.225 e. The molecule has 12 heteroatoms. The van der Waals surface area contributed by atoms with Gasteiger partial charge in [-0.05, 0) is 18.3 Å². The molecule has 0 bridgehead atoms. The van der Waals surface area contributed by atoms with Crippen LogP contribution in [0.2, 0.25) is 0 Å². The molecule has 0 spiro atoms. The Balaban J connectivity index is 1.71. The average molecular weight is 465 g/mol. The summed E-state index contributed by atoms with van der Waals surface area (Å²) in [4.78, 5) is 13.9. The van der Waals surface area contributed by atoms with E-state index in [4.69, 9.17) is 14.2 Å². The van der Waals surface area contributed by atoms with Crippen LogP contribution in [-0.4, -0.2) is 128 Å². The predicted molar refractivity (Wildman–Crippen MR) is 106 cm³/mol. The predicted octanol–water partition coefficient (Wildman–Crippen LogP) is -3.49. The molecule has 0 saturated carbocycles. The van der Waals surface area contributed by atoms with Crippen LogP contribution in [0.15, 0.2) is 0 Å². The van der Waals surface area contributed by atoms with Crippen molar-refractivity contribution in [1.29, 1.82) is 0 Å². The minimum atomic E-state index is -1.73. The van der Waals surface area contributed by atoms with E-state index in [0.29, 0.717) is 18.9 Å². The molecule has 1 amide bonds. The van der Waals surface area contributed by atoms with Crippen molar-refractivity contribution in [3.63, 3.8) is 0 Å². The van der Waals surface area contributed by atoms with E-state index in [2.05, 4.69) is 0 Å². The van der Waals surface area contributed by atoms with Gasteiger partial charge in [-0.25, -0.2) is 0 Å². The molecule has 3 aliphatic heterocycles. The Morgan fingerprint density at radius 1 is 0.938 bits per heavy atom. The van der Waals surface area contributed by atoms with Crippen molar-refractivity contribution < 1.29 is 54.8 Å². The van der Waals surface area contributed by atoms with Gasteiger partial charge in [0, 0.05) is 13.0 Å². The fraction of sp³-hybridized carbons (Fsp3) is 0.950. The number of carbonyl (C=O) groups excluding carboxylic acids is 1. The highest BCUT2D eigenvalue weighted by Gasteiger charge is 2.52. The number of carbonyl (C=O) groups is 1. The van der Waals surface area contributed by atoms with Gasteiger partial charge in [-0.2, -0.15) is 0 Å². The van der Waals surface area contributed by atoms with Crippen LogP contribution in [0.5, 0.6) is 0 Å². The van der Waals surface area contributed by atoms with Crippen molar-refractivity contribution in [2.45, 2.75) is 88.0 Å². The summed E-state index contributed by atoms with van der Waals surface area (Å²) in [6.07, 6.45) is -13.7. The fourth-order valence-corrected chi connectivity index (χ4v) is 4.71. The Labute approximate surface area is 185 Å². The van der Waals surface area contributed by atoms with Crippen LogP contribution in [0.1, 0.15) is 26.7 Å². The van der Waals surface area contributed by atoms with Gasteiger partial charge in [0.2, 0.25) is 5.91 Å². The summed E-state index contributed by atoms with van der Waals surface area (Å²) < 4.78 is 16.6. The number of rotatable bonds is 7. The largest absolute Gasteiger partial charge is 0.394 e. The van der Waals surface area contributed by atoms with Crippen LogP contribution in [0, 0.1) is 11.8 Å². The topological polar surface area (TPSA) is 190 Å². The lowest BCUT2D eigenvalue weighted by atomic mass is 9.95. The second-order valence-electron chi connectivity index (χ2n) is 9.27. The third kappa shape index (κ3) is 5.09. The molecule has 7 N–H and O–H groups in total. The number of amides is 1. The Hall–Kier alpha value is -0.930. The quantitative estimate of drug-likeness (QED) is 0.198. The number of hydrogen-bond acceptors (Lipinski definition) is 11. The highest BCUT2D eigenvalue weighted by Crippen LogP contribution is 2.33. The van der Waals surface area contributed by atoms with Crippen LogP contribution >= 0.6 is 0 Å². The standard InChI is InChI=1S/C20H35NO11/c1-8(2)3-9-4-12(24)21(5-9)19-16(28)15(27)18(11(7-23)30-19)32-20-17(29)14(26)13(25)10(6-22)31-20/h8-11,13-20,22-23,25-29H,3-7H2,1-2H3. The molecule has 0 aromatic rings. The third-order valence-electron chi connectivity index (χ3n) is 6.33. The van der Waals surface area contributed by atoms with Gasteiger partial charge in [-0.15, -0.1) is 0 Å². The minimum absolute atomic E-state index is 0.0890. The molecule has 3 aliphatic rings. The van der Waals surface area contributed by atoms with Crippen LogP contribution in [0.3, 0.4) is 0 Å². The molecule has 11 unspecified atom stereocenters. The molecule has 0 radical (unpaired) electrons. The number of ether oxygens (including phenoxy) is 3. The summed E-state index contributed by atoms with van der Waals surface area (Å²) in [5.41, 5.74) is 0. The maximum atomic E-state index is 12.5. The van der Waals surface area contributed by atoms with Crippen molar-refractivity contribution in [3.05, 3.63) is 0 Å². The molecule has 0 aromatic carbocycles. The van der Waals surface area contributed by atoms with Gasteiger partial charge >= 0.3 is 0 Å². The number of aliphatic hydroxyl groups excluding tert-OH is 7. The second-order valence-corrected chi connectivity index (χ2v) is 9.27. The van der Waals surface area contributed by atoms with E-state index >= 15 is 0 Å². The molecule has 12 nitrogen and oxygen atoms in total. The normalized spacial score (nSPS) is 45.6. The molecule has 3 fully saturated rings. The zero-order chi connectivity index (χ0) is 23.7. The molecular formula is C20H35NO11. The number of hydrogen-bond donors (Lipinski definition) is 7. The molecule has 32 heavy (non-hydrogen) atoms. The number of likely N-dealkylation sites (tertiary alicyclic amines) is 1. The molecule has 3 heterocycles. The zero-order valence-electron chi connectivity index (χ0n) is 18.2. The van der Waals surface area contributed by atoms with Gasteiger partial charge in [0.05, 0.1) is 13.2 Å². The zero-order valence-corrected chi connectivity index (χ0v) is 18.2. The first-order valence-corrected chi connectivity index (χ1v) is 11.0. The molecule has 3 rings (SSSR count). The SMILES string of the molecule is CC(C)CC1CC(=O)N(C2OC(CO)C(OC3OC(CO)C(O)C(O)C3O)C(O)C2O)C1. The van der Waals surface area contributed by atoms with Crippen LogP contribution in [-0.2, 0) is 19.0 Å². The first-order valence-electron chi connectivity index (χ1n) is 11.0. The third-order valence-corrected chi connectivity index (χ3v) is 6.33. The summed E-state index contributed by atoms with van der Waals surface area (Å²) in [5.74, 6) is 0.250. The van der Waals surface area contributed by atoms with E-state index in [-0.39, 0.29) is 11.8 Å². The van der Waals surface area contributed by atoms with Crippen molar-refractivity contribution in [2.24, 2.45) is 11.8 Å². The lowest BCUT2D eigenvalue weighted by Gasteiger charge is -2.47. The van der Waals surface area contributed by atoms with Gasteiger partial charge < -0.3 is 54.9 Å². The summed E-state index contributed by atoms with van der Waals surface area (Å²) >= 11 is 0. The summed E-state index contributed by atoms with van der Waals surface area (Å²) in [5, 5.41) is 70.5. The Kier molecular flexibility index (Phi) is 8.47. The van der Waals surface area contributed by atoms with Gasteiger partial charge in [0.15, 0.2) is 12.5 Å². The number of aliphatic hydroxyl groups is 7. The Bertz CT molecular complexity index is 633. The molecule has 186 valence electrons. The number of nitrogens with zero attached hydrogens (tertiary/aromatic N) is 1. The lowest BCUT2D eigenvalue weighted by molar-refractivity contribution is -0.347. The van der Waals surface area contributed by atoms with Crippen molar-refractivity contribution in [2.75, 3.05) is 19.8 Å². The molecular weight excluding hydrogens is 430 g/mol. The van der Waals surface area contributed by atoms with E-state index < -0.39 is 74.6 Å². The highest BCUT2D eigenvalue weighted by molar-refractivity contribution is 5.79. The van der Waals surface area contributed by atoms with E-state index in [0.717, 1.165) is 6.42 Å². The van der Waals surface area contributed by atoms with Crippen molar-refractivity contribution >= 4 is 5.91 Å². The van der Waals surface area contributed by atoms with Gasteiger partial charge in [0.1, 0.15) is 48.8 Å². The van der Waals surface area contributed by atoms with Gasteiger partial charge in [-0.3, -0.25) is 4.79 Å². The van der Waals surface area contributed by atoms with Crippen LogP contribution < -0.4 is 0 Å². The van der Waals surface area contributed by atoms with Crippen LogP contribution in [0.4, 0.5) is 0 Å². The molecule has 0 aliphatic carbocycles. The Morgan fingerprint density at radius 3 is 2.19 bits per heavy atom. The Morgan fingerprint density at radius 2 is 1.59 bits per heavy atom. The van der Waals surface area contributed by atoms with E-state index in [9.17, 15) is 40.5 Å². The summed E-state index contributed by atoms with van der Waals surface area (Å²) in [7, 11) is 0. The molecule has 0 aromatic heterocycles. The van der Waals surface area contributed by atoms with Gasteiger partial charge in [-0.1, -0.05) is 13.8 Å². The van der Waals surface area contributed by atoms with E-state index in [1.807, 2.05) is 13.8 Å². The van der Waals surface area contributed by atoms with E-state index in [1.165, 1.54) is 4.90 Å². The monoisotopic (exact) mass is 465 g/mol. The van der Waals surface area contributed by atoms with E-state index in [1.54, 1.807) is 0 Å². The minimum Gasteiger partial charge on any atom is -0.394 e. The first-order chi connectivity index (χ1) is 15.1. The maximum absolute atomic E-state index is 12.5. The maximum Gasteiger partial charge on any atom is 0.225 e. The lowest BCUT2D eigenvalue weighted by Crippen LogP contribution is -2.66. The van der Waals surface area contributed by atoms with Crippen molar-refractivity contribution in [1.82, 2.24) is 4.90 Å². The van der Waals surface area contributed by atoms with Crippen LogP contribution in [0.25, 0.3) is 0 Å². The molecule has 3 saturated heterocycles.